The van der Waals surface area contributed by atoms with Gasteiger partial charge < -0.3 is 9.47 Å². The molecular formula is C10H9NO3. The number of hydrogen-bond donors (Lipinski definition) is 0. The number of carbonyl (C=O) groups excluding carboxylic acids is 1. The highest BCUT2D eigenvalue weighted by Crippen LogP contribution is 2.14. The predicted octanol–water partition coefficient (Wildman–Crippen LogP) is 1.63. The molecule has 1 aliphatic rings. The Morgan fingerprint density at radius 2 is 2.07 bits per heavy atom. The molecule has 4 nitrogen and oxygen atoms in total. The summed E-state index contributed by atoms with van der Waals surface area (Å²) in [6.07, 6.45) is -0.518. The third kappa shape index (κ3) is 1.59. The zero-order valence-corrected chi connectivity index (χ0v) is 7.69. The Kier molecular flexibility index (Phi) is 2.18. The average Bonchev–Trinajstić information content (AvgIpc) is 2.65. The maximum Gasteiger partial charge on any atom is 0.434 e. The summed E-state index contributed by atoms with van der Waals surface area (Å²) in [6.45, 7) is 0.255. The van der Waals surface area contributed by atoms with E-state index in [0.717, 1.165) is 11.3 Å². The zero-order valence-electron chi connectivity index (χ0n) is 7.69. The van der Waals surface area contributed by atoms with Gasteiger partial charge in [0, 0.05) is 5.56 Å². The minimum Gasteiger partial charge on any atom is -0.497 e. The number of nitrogens with zero attached hydrogens (tertiary/aromatic N) is 1. The van der Waals surface area contributed by atoms with Crippen molar-refractivity contribution in [3.63, 3.8) is 0 Å². The lowest BCUT2D eigenvalue weighted by atomic mass is 10.1. The van der Waals surface area contributed by atoms with Crippen LogP contribution in [0.3, 0.4) is 0 Å². The number of rotatable bonds is 2. The predicted molar refractivity (Wildman–Crippen MR) is 50.9 cm³/mol. The van der Waals surface area contributed by atoms with E-state index in [0.29, 0.717) is 5.71 Å². The smallest absolute Gasteiger partial charge is 0.434 e. The molecule has 4 heteroatoms. The van der Waals surface area contributed by atoms with Gasteiger partial charge in [0.2, 0.25) is 0 Å². The monoisotopic (exact) mass is 191 g/mol. The lowest BCUT2D eigenvalue weighted by molar-refractivity contribution is 0.181. The number of methoxy groups -OCH3 is 1. The molecule has 0 N–H and O–H groups in total. The summed E-state index contributed by atoms with van der Waals surface area (Å²) < 4.78 is 9.72. The Hall–Kier alpha value is -1.84. The van der Waals surface area contributed by atoms with Gasteiger partial charge in [0.25, 0.3) is 0 Å². The zero-order chi connectivity index (χ0) is 9.97. The molecule has 0 atom stereocenters. The van der Waals surface area contributed by atoms with Crippen LogP contribution in [0.2, 0.25) is 0 Å². The van der Waals surface area contributed by atoms with Crippen molar-refractivity contribution in [3.8, 4) is 5.75 Å². The van der Waals surface area contributed by atoms with E-state index >= 15 is 0 Å². The molecule has 0 saturated heterocycles. The minimum absolute atomic E-state index is 0.255. The van der Waals surface area contributed by atoms with Crippen LogP contribution in [-0.2, 0) is 4.74 Å². The lowest BCUT2D eigenvalue weighted by Crippen LogP contribution is -2.02. The van der Waals surface area contributed by atoms with Gasteiger partial charge in [-0.15, -0.1) is 0 Å². The molecule has 72 valence electrons. The number of carbonyl (C=O) groups is 1. The summed E-state index contributed by atoms with van der Waals surface area (Å²) >= 11 is 0. The first kappa shape index (κ1) is 8.74. The molecule has 0 spiro atoms. The summed E-state index contributed by atoms with van der Waals surface area (Å²) in [7, 11) is 1.61. The van der Waals surface area contributed by atoms with E-state index in [2.05, 4.69) is 4.99 Å². The number of ether oxygens (including phenoxy) is 2. The van der Waals surface area contributed by atoms with E-state index in [1.807, 2.05) is 24.3 Å². The largest absolute Gasteiger partial charge is 0.497 e. The second-order valence-corrected chi connectivity index (χ2v) is 2.84. The van der Waals surface area contributed by atoms with Gasteiger partial charge in [-0.05, 0) is 24.3 Å². The van der Waals surface area contributed by atoms with Crippen molar-refractivity contribution in [1.82, 2.24) is 0 Å². The van der Waals surface area contributed by atoms with Gasteiger partial charge in [0.05, 0.1) is 12.8 Å². The van der Waals surface area contributed by atoms with Crippen molar-refractivity contribution in [2.75, 3.05) is 13.7 Å². The van der Waals surface area contributed by atoms with E-state index in [1.165, 1.54) is 0 Å². The van der Waals surface area contributed by atoms with Gasteiger partial charge in [0.1, 0.15) is 12.4 Å². The van der Waals surface area contributed by atoms with Crippen LogP contribution in [0, 0.1) is 0 Å². The normalized spacial score (nSPS) is 14.9. The molecule has 0 radical (unpaired) electrons. The Morgan fingerprint density at radius 1 is 1.36 bits per heavy atom. The molecule has 1 aliphatic heterocycles. The molecule has 0 bridgehead atoms. The van der Waals surface area contributed by atoms with Crippen LogP contribution in [-0.4, -0.2) is 25.5 Å². The van der Waals surface area contributed by atoms with E-state index in [1.54, 1.807) is 7.11 Å². The topological polar surface area (TPSA) is 47.9 Å². The highest BCUT2D eigenvalue weighted by molar-refractivity contribution is 6.09. The van der Waals surface area contributed by atoms with Crippen LogP contribution in [0.1, 0.15) is 5.56 Å². The van der Waals surface area contributed by atoms with Crippen molar-refractivity contribution in [1.29, 1.82) is 0 Å². The van der Waals surface area contributed by atoms with E-state index in [9.17, 15) is 4.79 Å². The summed E-state index contributed by atoms with van der Waals surface area (Å²) in [5, 5.41) is 0. The van der Waals surface area contributed by atoms with Gasteiger partial charge >= 0.3 is 6.09 Å². The summed E-state index contributed by atoms with van der Waals surface area (Å²) in [4.78, 5) is 14.4. The third-order valence-corrected chi connectivity index (χ3v) is 1.98. The summed E-state index contributed by atoms with van der Waals surface area (Å²) in [6, 6.07) is 7.33. The van der Waals surface area contributed by atoms with Gasteiger partial charge in [-0.1, -0.05) is 0 Å². The minimum atomic E-state index is -0.518. The van der Waals surface area contributed by atoms with Crippen molar-refractivity contribution in [3.05, 3.63) is 29.8 Å². The SMILES string of the molecule is COc1ccc(C2=NC(=O)OC2)cc1. The van der Waals surface area contributed by atoms with E-state index < -0.39 is 6.09 Å². The number of benzene rings is 1. The van der Waals surface area contributed by atoms with Crippen LogP contribution in [0.5, 0.6) is 5.75 Å². The first-order valence-corrected chi connectivity index (χ1v) is 4.18. The van der Waals surface area contributed by atoms with Crippen molar-refractivity contribution < 1.29 is 14.3 Å². The standard InChI is InChI=1S/C10H9NO3/c1-13-8-4-2-7(3-5-8)9-6-14-10(12)11-9/h2-5H,6H2,1H3. The van der Waals surface area contributed by atoms with Gasteiger partial charge in [0.15, 0.2) is 0 Å². The van der Waals surface area contributed by atoms with Crippen molar-refractivity contribution in [2.24, 2.45) is 4.99 Å². The van der Waals surface area contributed by atoms with Gasteiger partial charge in [-0.25, -0.2) is 4.79 Å². The first-order valence-electron chi connectivity index (χ1n) is 4.18. The molecule has 0 aromatic heterocycles. The maximum atomic E-state index is 10.7. The van der Waals surface area contributed by atoms with Crippen LogP contribution in [0.15, 0.2) is 29.3 Å². The molecule has 1 heterocycles. The molecule has 0 unspecified atom stereocenters. The second-order valence-electron chi connectivity index (χ2n) is 2.84. The molecule has 0 saturated carbocycles. The quantitative estimate of drug-likeness (QED) is 0.713. The van der Waals surface area contributed by atoms with Crippen LogP contribution >= 0.6 is 0 Å². The molecule has 14 heavy (non-hydrogen) atoms. The lowest BCUT2D eigenvalue weighted by Gasteiger charge is -2.01. The Labute approximate surface area is 81.2 Å². The summed E-state index contributed by atoms with van der Waals surface area (Å²) in [5.41, 5.74) is 1.55. The Balaban J connectivity index is 2.25. The Bertz CT molecular complexity index is 381. The maximum absolute atomic E-state index is 10.7. The molecule has 0 fully saturated rings. The fraction of sp³-hybridized carbons (Fsp3) is 0.200. The van der Waals surface area contributed by atoms with Gasteiger partial charge in [-0.2, -0.15) is 4.99 Å². The van der Waals surface area contributed by atoms with E-state index in [4.69, 9.17) is 9.47 Å². The van der Waals surface area contributed by atoms with Crippen LogP contribution < -0.4 is 4.74 Å². The first-order chi connectivity index (χ1) is 6.79. The summed E-state index contributed by atoms with van der Waals surface area (Å²) in [5.74, 6) is 0.777. The molecule has 2 rings (SSSR count). The fourth-order valence-corrected chi connectivity index (χ4v) is 1.24. The van der Waals surface area contributed by atoms with Crippen molar-refractivity contribution in [2.45, 2.75) is 0 Å². The second kappa shape index (κ2) is 3.49. The number of hydrogen-bond acceptors (Lipinski definition) is 3. The van der Waals surface area contributed by atoms with Crippen molar-refractivity contribution >= 4 is 11.8 Å². The van der Waals surface area contributed by atoms with Crippen LogP contribution in [0.4, 0.5) is 4.79 Å². The van der Waals surface area contributed by atoms with Gasteiger partial charge in [-0.3, -0.25) is 0 Å². The highest BCUT2D eigenvalue weighted by Gasteiger charge is 2.16. The third-order valence-electron chi connectivity index (χ3n) is 1.98. The highest BCUT2D eigenvalue weighted by atomic mass is 16.6. The average molecular weight is 191 g/mol. The molecule has 1 aromatic carbocycles. The fourth-order valence-electron chi connectivity index (χ4n) is 1.24. The molecular weight excluding hydrogens is 182 g/mol. The van der Waals surface area contributed by atoms with E-state index in [-0.39, 0.29) is 6.61 Å². The molecule has 1 aromatic rings. The van der Waals surface area contributed by atoms with Crippen LogP contribution in [0.25, 0.3) is 0 Å². The molecule has 0 aliphatic carbocycles. The number of amides is 1. The molecule has 1 amide bonds. The number of aliphatic imine (C=N–C) groups is 1. The number of cyclic esters (lactones) is 1. The Morgan fingerprint density at radius 3 is 2.57 bits per heavy atom.